The lowest BCUT2D eigenvalue weighted by Gasteiger charge is -2.34. The van der Waals surface area contributed by atoms with Crippen molar-refractivity contribution in [3.63, 3.8) is 0 Å². The summed E-state index contributed by atoms with van der Waals surface area (Å²) in [5, 5.41) is 11.7. The number of carbonyl (C=O) groups is 1. The summed E-state index contributed by atoms with van der Waals surface area (Å²) in [4.78, 5) is 15.8. The van der Waals surface area contributed by atoms with Gasteiger partial charge in [0, 0.05) is 51.4 Å². The number of hydrogen-bond donors (Lipinski definition) is 1. The van der Waals surface area contributed by atoms with Gasteiger partial charge < -0.3 is 15.1 Å². The zero-order chi connectivity index (χ0) is 14.5. The first kappa shape index (κ1) is 14.3. The molecule has 21 heavy (non-hydrogen) atoms. The zero-order valence-electron chi connectivity index (χ0n) is 12.4. The van der Waals surface area contributed by atoms with Gasteiger partial charge in [-0.1, -0.05) is 0 Å². The normalized spacial score (nSPS) is 22.9. The molecule has 1 unspecified atom stereocenters. The Balaban J connectivity index is 1.44. The average molecular weight is 289 g/mol. The molecule has 0 bridgehead atoms. The highest BCUT2D eigenvalue weighted by atomic mass is 16.2. The fraction of sp³-hybridized carbons (Fsp3) is 0.667. The molecule has 1 atom stereocenters. The van der Waals surface area contributed by atoms with E-state index in [0.29, 0.717) is 11.9 Å². The van der Waals surface area contributed by atoms with Crippen molar-refractivity contribution in [1.29, 1.82) is 0 Å². The summed E-state index contributed by atoms with van der Waals surface area (Å²) in [7, 11) is 0. The third kappa shape index (κ3) is 3.69. The van der Waals surface area contributed by atoms with Crippen LogP contribution < -0.4 is 10.2 Å². The topological polar surface area (TPSA) is 61.4 Å². The van der Waals surface area contributed by atoms with Crippen molar-refractivity contribution >= 4 is 11.7 Å². The van der Waals surface area contributed by atoms with Crippen molar-refractivity contribution in [2.45, 2.75) is 31.7 Å². The maximum atomic E-state index is 11.6. The first-order chi connectivity index (χ1) is 10.3. The van der Waals surface area contributed by atoms with E-state index in [4.69, 9.17) is 0 Å². The van der Waals surface area contributed by atoms with Crippen molar-refractivity contribution in [3.8, 4) is 0 Å². The van der Waals surface area contributed by atoms with Gasteiger partial charge in [0.2, 0.25) is 5.91 Å². The lowest BCUT2D eigenvalue weighted by Crippen LogP contribution is -2.48. The summed E-state index contributed by atoms with van der Waals surface area (Å²) in [6.45, 7) is 4.65. The molecule has 3 rings (SSSR count). The average Bonchev–Trinajstić information content (AvgIpc) is 2.94. The first-order valence-corrected chi connectivity index (χ1v) is 7.87. The molecule has 2 aliphatic heterocycles. The Morgan fingerprint density at radius 3 is 3.05 bits per heavy atom. The van der Waals surface area contributed by atoms with E-state index in [0.717, 1.165) is 57.8 Å². The first-order valence-electron chi connectivity index (χ1n) is 7.87. The third-order valence-electron chi connectivity index (χ3n) is 4.29. The van der Waals surface area contributed by atoms with Crippen molar-refractivity contribution in [3.05, 3.63) is 18.3 Å². The van der Waals surface area contributed by atoms with Crippen LogP contribution in [0, 0.1) is 0 Å². The number of anilines is 1. The highest BCUT2D eigenvalue weighted by molar-refractivity contribution is 5.78. The summed E-state index contributed by atoms with van der Waals surface area (Å²) in [6, 6.07) is 4.41. The van der Waals surface area contributed by atoms with Gasteiger partial charge in [-0.25, -0.2) is 0 Å². The molecular formula is C15H23N5O. The van der Waals surface area contributed by atoms with Crippen LogP contribution in [0.5, 0.6) is 0 Å². The predicted octanol–water partition coefficient (Wildman–Crippen LogP) is 0.657. The highest BCUT2D eigenvalue weighted by Gasteiger charge is 2.22. The SMILES string of the molecule is O=C1CCCN1CCNC1CCCN(c2cccnn2)C1. The van der Waals surface area contributed by atoms with E-state index in [1.807, 2.05) is 17.0 Å². The number of hydrogen-bond acceptors (Lipinski definition) is 5. The molecular weight excluding hydrogens is 266 g/mol. The lowest BCUT2D eigenvalue weighted by atomic mass is 10.1. The monoisotopic (exact) mass is 289 g/mol. The number of nitrogens with one attached hydrogen (secondary N) is 1. The molecule has 6 heteroatoms. The number of likely N-dealkylation sites (tertiary alicyclic amines) is 1. The largest absolute Gasteiger partial charge is 0.354 e. The van der Waals surface area contributed by atoms with Crippen LogP contribution in [-0.2, 0) is 4.79 Å². The number of aromatic nitrogens is 2. The Morgan fingerprint density at radius 2 is 2.29 bits per heavy atom. The minimum absolute atomic E-state index is 0.307. The van der Waals surface area contributed by atoms with Gasteiger partial charge in [-0.2, -0.15) is 5.10 Å². The minimum Gasteiger partial charge on any atom is -0.354 e. The highest BCUT2D eigenvalue weighted by Crippen LogP contribution is 2.16. The molecule has 3 heterocycles. The van der Waals surface area contributed by atoms with Gasteiger partial charge >= 0.3 is 0 Å². The van der Waals surface area contributed by atoms with Crippen LogP contribution in [0.25, 0.3) is 0 Å². The van der Waals surface area contributed by atoms with Gasteiger partial charge in [0.25, 0.3) is 0 Å². The molecule has 114 valence electrons. The molecule has 0 aliphatic carbocycles. The van der Waals surface area contributed by atoms with Crippen LogP contribution in [0.2, 0.25) is 0 Å². The van der Waals surface area contributed by atoms with E-state index < -0.39 is 0 Å². The van der Waals surface area contributed by atoms with Crippen LogP contribution in [-0.4, -0.2) is 59.8 Å². The molecule has 6 nitrogen and oxygen atoms in total. The predicted molar refractivity (Wildman–Crippen MR) is 81.1 cm³/mol. The molecule has 0 aromatic carbocycles. The van der Waals surface area contributed by atoms with E-state index in [1.165, 1.54) is 6.42 Å². The maximum Gasteiger partial charge on any atom is 0.222 e. The van der Waals surface area contributed by atoms with Crippen LogP contribution in [0.3, 0.4) is 0 Å². The fourth-order valence-electron chi connectivity index (χ4n) is 3.16. The fourth-order valence-corrected chi connectivity index (χ4v) is 3.16. The van der Waals surface area contributed by atoms with Crippen molar-refractivity contribution in [2.75, 3.05) is 37.6 Å². The van der Waals surface area contributed by atoms with Crippen molar-refractivity contribution in [1.82, 2.24) is 20.4 Å². The summed E-state index contributed by atoms with van der Waals surface area (Å²) < 4.78 is 0. The molecule has 0 radical (unpaired) electrons. The third-order valence-corrected chi connectivity index (χ3v) is 4.29. The van der Waals surface area contributed by atoms with Gasteiger partial charge in [0.15, 0.2) is 5.82 Å². The van der Waals surface area contributed by atoms with Gasteiger partial charge in [-0.3, -0.25) is 4.79 Å². The summed E-state index contributed by atoms with van der Waals surface area (Å²) >= 11 is 0. The Bertz CT molecular complexity index is 466. The second kappa shape index (κ2) is 6.85. The van der Waals surface area contributed by atoms with Crippen LogP contribution in [0.15, 0.2) is 18.3 Å². The molecule has 1 aromatic heterocycles. The molecule has 1 amide bonds. The number of piperidine rings is 1. The quantitative estimate of drug-likeness (QED) is 0.863. The molecule has 2 saturated heterocycles. The number of rotatable bonds is 5. The van der Waals surface area contributed by atoms with Gasteiger partial charge in [0.1, 0.15) is 0 Å². The van der Waals surface area contributed by atoms with Gasteiger partial charge in [0.05, 0.1) is 0 Å². The Kier molecular flexibility index (Phi) is 4.65. The molecule has 1 aromatic rings. The molecule has 0 spiro atoms. The molecule has 2 aliphatic rings. The van der Waals surface area contributed by atoms with E-state index in [-0.39, 0.29) is 0 Å². The number of carbonyl (C=O) groups excluding carboxylic acids is 1. The van der Waals surface area contributed by atoms with Gasteiger partial charge in [-0.05, 0) is 31.4 Å². The molecule has 1 N–H and O–H groups in total. The Morgan fingerprint density at radius 1 is 1.33 bits per heavy atom. The van der Waals surface area contributed by atoms with E-state index in [2.05, 4.69) is 20.4 Å². The maximum absolute atomic E-state index is 11.6. The van der Waals surface area contributed by atoms with E-state index in [1.54, 1.807) is 6.20 Å². The number of nitrogens with zero attached hydrogens (tertiary/aromatic N) is 4. The smallest absolute Gasteiger partial charge is 0.222 e. The second-order valence-electron chi connectivity index (χ2n) is 5.81. The molecule has 0 saturated carbocycles. The Hall–Kier alpha value is -1.69. The summed E-state index contributed by atoms with van der Waals surface area (Å²) in [6.07, 6.45) is 5.80. The standard InChI is InChI=1S/C15H23N5O/c21-15-6-3-9-19(15)11-8-16-13-4-2-10-20(12-13)14-5-1-7-17-18-14/h1,5,7,13,16H,2-4,6,8-12H2. The number of amides is 1. The molecule has 2 fully saturated rings. The van der Waals surface area contributed by atoms with Crippen LogP contribution >= 0.6 is 0 Å². The Labute approximate surface area is 125 Å². The summed E-state index contributed by atoms with van der Waals surface area (Å²) in [5.74, 6) is 1.26. The zero-order valence-corrected chi connectivity index (χ0v) is 12.4. The lowest BCUT2D eigenvalue weighted by molar-refractivity contribution is -0.127. The van der Waals surface area contributed by atoms with E-state index >= 15 is 0 Å². The second-order valence-corrected chi connectivity index (χ2v) is 5.81. The van der Waals surface area contributed by atoms with Crippen LogP contribution in [0.4, 0.5) is 5.82 Å². The van der Waals surface area contributed by atoms with Crippen LogP contribution in [0.1, 0.15) is 25.7 Å². The van der Waals surface area contributed by atoms with Crippen molar-refractivity contribution < 1.29 is 4.79 Å². The van der Waals surface area contributed by atoms with E-state index in [9.17, 15) is 4.79 Å². The minimum atomic E-state index is 0.307. The summed E-state index contributed by atoms with van der Waals surface area (Å²) in [5.41, 5.74) is 0. The van der Waals surface area contributed by atoms with Gasteiger partial charge in [-0.15, -0.1) is 5.10 Å². The van der Waals surface area contributed by atoms with Crippen molar-refractivity contribution in [2.24, 2.45) is 0 Å².